The van der Waals surface area contributed by atoms with Crippen LogP contribution in [0.3, 0.4) is 0 Å². The van der Waals surface area contributed by atoms with Gasteiger partial charge in [0, 0.05) is 4.88 Å². The first-order valence-electron chi connectivity index (χ1n) is 5.41. The van der Waals surface area contributed by atoms with Crippen LogP contribution in [-0.2, 0) is 4.79 Å². The van der Waals surface area contributed by atoms with Crippen LogP contribution in [0.4, 0.5) is 35.7 Å². The van der Waals surface area contributed by atoms with Crippen molar-refractivity contribution in [2.24, 2.45) is 0 Å². The molecule has 1 aromatic heterocycles. The van der Waals surface area contributed by atoms with Crippen LogP contribution in [0.1, 0.15) is 16.0 Å². The van der Waals surface area contributed by atoms with Gasteiger partial charge in [-0.2, -0.15) is 36.0 Å². The maximum atomic E-state index is 13.2. The average Bonchev–Trinajstić information content (AvgIpc) is 2.62. The second kappa shape index (κ2) is 5.42. The van der Waals surface area contributed by atoms with Crippen molar-refractivity contribution in [3.63, 3.8) is 0 Å². The van der Waals surface area contributed by atoms with E-state index in [4.69, 9.17) is 5.26 Å². The molecule has 22 heavy (non-hydrogen) atoms. The third-order valence-corrected chi connectivity index (χ3v) is 3.88. The Hall–Kier alpha value is -1.83. The van der Waals surface area contributed by atoms with Gasteiger partial charge in [-0.05, 0) is 19.4 Å². The third-order valence-electron chi connectivity index (χ3n) is 2.76. The summed E-state index contributed by atoms with van der Waals surface area (Å²) in [6, 6.07) is 1.55. The molecule has 122 valence electrons. The molecule has 0 aromatic carbocycles. The molecule has 0 radical (unpaired) electrons. The quantitative estimate of drug-likeness (QED) is 0.839. The Bertz CT molecular complexity index is 642. The number of aryl methyl sites for hydroxylation is 1. The molecule has 1 rings (SSSR count). The minimum Gasteiger partial charge on any atom is -0.311 e. The molecule has 0 spiro atoms. The van der Waals surface area contributed by atoms with E-state index in [0.717, 1.165) is 0 Å². The van der Waals surface area contributed by atoms with Crippen molar-refractivity contribution < 1.29 is 35.5 Å². The number of nitrogens with zero attached hydrogens (tertiary/aromatic N) is 1. The van der Waals surface area contributed by atoms with E-state index >= 15 is 0 Å². The fraction of sp³-hybridized carbons (Fsp3) is 0.455. The van der Waals surface area contributed by atoms with E-state index in [2.05, 4.69) is 0 Å². The van der Waals surface area contributed by atoms with Crippen molar-refractivity contribution in [3.05, 3.63) is 16.0 Å². The smallest absolute Gasteiger partial charge is 0.311 e. The van der Waals surface area contributed by atoms with Crippen molar-refractivity contribution in [3.8, 4) is 6.07 Å². The molecular weight excluding hydrogens is 341 g/mol. The van der Waals surface area contributed by atoms with Gasteiger partial charge in [0.25, 0.3) is 0 Å². The molecule has 0 fully saturated rings. The van der Waals surface area contributed by atoms with E-state index in [0.29, 0.717) is 21.8 Å². The lowest BCUT2D eigenvalue weighted by Crippen LogP contribution is -2.57. The fourth-order valence-electron chi connectivity index (χ4n) is 1.35. The second-order valence-electron chi connectivity index (χ2n) is 4.20. The Labute approximate surface area is 123 Å². The number of anilines is 1. The summed E-state index contributed by atoms with van der Waals surface area (Å²) in [4.78, 5) is 11.6. The number of hydrogen-bond acceptors (Lipinski definition) is 3. The van der Waals surface area contributed by atoms with Gasteiger partial charge < -0.3 is 5.32 Å². The molecule has 11 heteroatoms. The third kappa shape index (κ3) is 2.75. The largest absolute Gasteiger partial charge is 0.460 e. The number of carbonyl (C=O) groups is 1. The zero-order valence-electron chi connectivity index (χ0n) is 10.9. The Balaban J connectivity index is 3.18. The minimum atomic E-state index is -6.60. The summed E-state index contributed by atoms with van der Waals surface area (Å²) in [7, 11) is 0. The van der Waals surface area contributed by atoms with Gasteiger partial charge in [-0.3, -0.25) is 4.79 Å². The van der Waals surface area contributed by atoms with Crippen LogP contribution in [0.2, 0.25) is 0 Å². The van der Waals surface area contributed by atoms with Crippen molar-refractivity contribution in [1.29, 1.82) is 5.26 Å². The van der Waals surface area contributed by atoms with Crippen LogP contribution in [0.25, 0.3) is 0 Å². The molecule has 1 aromatic rings. The molecule has 3 nitrogen and oxygen atoms in total. The van der Waals surface area contributed by atoms with E-state index in [9.17, 15) is 35.5 Å². The van der Waals surface area contributed by atoms with E-state index in [-0.39, 0.29) is 5.56 Å². The van der Waals surface area contributed by atoms with E-state index in [1.165, 1.54) is 19.2 Å². The molecular formula is C11H7F7N2OS. The lowest BCUT2D eigenvalue weighted by molar-refractivity contribution is -0.343. The molecule has 1 N–H and O–H groups in total. The van der Waals surface area contributed by atoms with Crippen LogP contribution in [0.5, 0.6) is 0 Å². The van der Waals surface area contributed by atoms with E-state index in [1.54, 1.807) is 6.07 Å². The van der Waals surface area contributed by atoms with Gasteiger partial charge in [0.15, 0.2) is 0 Å². The number of hydrogen-bond donors (Lipinski definition) is 1. The predicted molar refractivity (Wildman–Crippen MR) is 63.1 cm³/mol. The molecule has 0 saturated heterocycles. The molecule has 0 saturated carbocycles. The first-order chi connectivity index (χ1) is 9.77. The summed E-state index contributed by atoms with van der Waals surface area (Å²) in [6.07, 6.45) is -6.60. The maximum Gasteiger partial charge on any atom is 0.460 e. The monoisotopic (exact) mass is 348 g/mol. The number of nitriles is 1. The first kappa shape index (κ1) is 18.2. The highest BCUT2D eigenvalue weighted by Crippen LogP contribution is 2.47. The van der Waals surface area contributed by atoms with E-state index < -0.39 is 28.9 Å². The number of carbonyl (C=O) groups excluding carboxylic acids is 1. The number of alkyl halides is 7. The van der Waals surface area contributed by atoms with Crippen molar-refractivity contribution in [1.82, 2.24) is 0 Å². The topological polar surface area (TPSA) is 52.9 Å². The fourth-order valence-corrected chi connectivity index (χ4v) is 2.36. The number of amides is 1. The summed E-state index contributed by atoms with van der Waals surface area (Å²) < 4.78 is 87.7. The minimum absolute atomic E-state index is 0.276. The number of halogens is 7. The lowest BCUT2D eigenvalue weighted by atomic mass is 10.1. The average molecular weight is 348 g/mol. The second-order valence-corrected chi connectivity index (χ2v) is 5.42. The molecule has 0 unspecified atom stereocenters. The van der Waals surface area contributed by atoms with Crippen molar-refractivity contribution in [2.75, 3.05) is 5.32 Å². The lowest BCUT2D eigenvalue weighted by Gasteiger charge is -2.26. The van der Waals surface area contributed by atoms with Gasteiger partial charge in [-0.15, -0.1) is 11.3 Å². The highest BCUT2D eigenvalue weighted by atomic mass is 32.1. The van der Waals surface area contributed by atoms with Gasteiger partial charge >= 0.3 is 23.9 Å². The molecule has 0 aliphatic carbocycles. The Morgan fingerprint density at radius 2 is 1.64 bits per heavy atom. The molecule has 1 heterocycles. The molecule has 1 amide bonds. The molecule has 0 aliphatic rings. The van der Waals surface area contributed by atoms with Crippen molar-refractivity contribution in [2.45, 2.75) is 31.9 Å². The summed E-state index contributed by atoms with van der Waals surface area (Å²) in [5.41, 5.74) is 0.0238. The summed E-state index contributed by atoms with van der Waals surface area (Å²) in [6.45, 7) is 2.86. The highest BCUT2D eigenvalue weighted by molar-refractivity contribution is 7.16. The SMILES string of the molecule is Cc1sc(NC(=O)C(F)(F)C(F)(F)C(F)(F)F)c(C#N)c1C. The van der Waals surface area contributed by atoms with E-state index in [1.807, 2.05) is 0 Å². The Morgan fingerprint density at radius 3 is 2.05 bits per heavy atom. The zero-order valence-corrected chi connectivity index (χ0v) is 11.7. The van der Waals surface area contributed by atoms with Gasteiger partial charge in [-0.1, -0.05) is 0 Å². The number of thiophene rings is 1. The Kier molecular flexibility index (Phi) is 4.49. The normalized spacial score (nSPS) is 12.9. The van der Waals surface area contributed by atoms with Crippen LogP contribution in [0, 0.1) is 25.2 Å². The summed E-state index contributed by atoms with van der Waals surface area (Å²) in [5.74, 6) is -15.4. The van der Waals surface area contributed by atoms with Crippen molar-refractivity contribution >= 4 is 22.2 Å². The van der Waals surface area contributed by atoms with Gasteiger partial charge in [-0.25, -0.2) is 0 Å². The number of rotatable bonds is 3. The predicted octanol–water partition coefficient (Wildman–Crippen LogP) is 4.01. The van der Waals surface area contributed by atoms with Gasteiger partial charge in [0.1, 0.15) is 11.1 Å². The van der Waals surface area contributed by atoms with Crippen LogP contribution < -0.4 is 5.32 Å². The highest BCUT2D eigenvalue weighted by Gasteiger charge is 2.76. The summed E-state index contributed by atoms with van der Waals surface area (Å²) in [5, 5.41) is 9.56. The maximum absolute atomic E-state index is 13.2. The number of nitrogens with one attached hydrogen (secondary N) is 1. The standard InChI is InChI=1S/C11H7F7N2OS/c1-4-5(2)22-7(6(4)3-19)20-8(21)9(12,13)10(14,15)11(16,17)18/h1-2H3,(H,20,21). The summed E-state index contributed by atoms with van der Waals surface area (Å²) >= 11 is 0.614. The van der Waals surface area contributed by atoms with Crippen LogP contribution in [-0.4, -0.2) is 23.9 Å². The first-order valence-corrected chi connectivity index (χ1v) is 6.23. The molecule has 0 aliphatic heterocycles. The van der Waals surface area contributed by atoms with Crippen LogP contribution in [0.15, 0.2) is 0 Å². The molecule has 0 atom stereocenters. The van der Waals surface area contributed by atoms with Crippen LogP contribution >= 0.6 is 11.3 Å². The van der Waals surface area contributed by atoms with Gasteiger partial charge in [0.2, 0.25) is 0 Å². The molecule has 0 bridgehead atoms. The Morgan fingerprint density at radius 1 is 1.14 bits per heavy atom. The van der Waals surface area contributed by atoms with Gasteiger partial charge in [0.05, 0.1) is 5.56 Å². The zero-order chi connectivity index (χ0) is 17.5.